The summed E-state index contributed by atoms with van der Waals surface area (Å²) in [7, 11) is 0. The molecule has 1 fully saturated rings. The topological polar surface area (TPSA) is 21.3 Å². The third-order valence-corrected chi connectivity index (χ3v) is 4.12. The van der Waals surface area contributed by atoms with E-state index in [0.29, 0.717) is 6.04 Å². The molecular formula is C16H29NO. The summed E-state index contributed by atoms with van der Waals surface area (Å²) in [6.07, 6.45) is 5.80. The minimum Gasteiger partial charge on any atom is -0.374 e. The summed E-state index contributed by atoms with van der Waals surface area (Å²) in [5, 5.41) is 3.60. The Morgan fingerprint density at radius 2 is 2.00 bits per heavy atom. The number of hydrogen-bond acceptors (Lipinski definition) is 2. The Kier molecular flexibility index (Phi) is 6.75. The smallest absolute Gasteiger partial charge is 0.0844 e. The lowest BCUT2D eigenvalue weighted by molar-refractivity contribution is -0.0948. The normalized spacial score (nSPS) is 29.4. The van der Waals surface area contributed by atoms with Gasteiger partial charge in [0.05, 0.1) is 5.60 Å². The van der Waals surface area contributed by atoms with Crippen molar-refractivity contribution in [3.63, 3.8) is 0 Å². The van der Waals surface area contributed by atoms with Gasteiger partial charge in [0.25, 0.3) is 0 Å². The molecule has 0 saturated heterocycles. The number of ether oxygens (including phenoxy) is 1. The summed E-state index contributed by atoms with van der Waals surface area (Å²) < 4.78 is 6.20. The van der Waals surface area contributed by atoms with Gasteiger partial charge in [-0.25, -0.2) is 0 Å². The number of likely N-dealkylation sites (N-methyl/N-ethyl adjacent to an activating group) is 1. The Labute approximate surface area is 113 Å². The van der Waals surface area contributed by atoms with E-state index in [4.69, 9.17) is 4.74 Å². The van der Waals surface area contributed by atoms with Gasteiger partial charge in [-0.1, -0.05) is 13.8 Å². The van der Waals surface area contributed by atoms with Gasteiger partial charge >= 0.3 is 0 Å². The van der Waals surface area contributed by atoms with Crippen LogP contribution in [0.1, 0.15) is 59.8 Å². The zero-order valence-corrected chi connectivity index (χ0v) is 12.5. The van der Waals surface area contributed by atoms with Gasteiger partial charge in [0.2, 0.25) is 0 Å². The molecule has 1 saturated carbocycles. The molecule has 1 atom stereocenters. The van der Waals surface area contributed by atoms with Crippen LogP contribution in [0.15, 0.2) is 0 Å². The molecule has 1 aliphatic rings. The quantitative estimate of drug-likeness (QED) is 0.731. The van der Waals surface area contributed by atoms with Gasteiger partial charge in [-0.3, -0.25) is 0 Å². The molecule has 2 heteroatoms. The van der Waals surface area contributed by atoms with Gasteiger partial charge in [0.1, 0.15) is 0 Å². The Morgan fingerprint density at radius 1 is 1.33 bits per heavy atom. The fraction of sp³-hybridized carbons (Fsp3) is 0.875. The van der Waals surface area contributed by atoms with Crippen LogP contribution < -0.4 is 5.32 Å². The minimum atomic E-state index is 0.0150. The predicted octanol–water partition coefficient (Wildman–Crippen LogP) is 3.36. The van der Waals surface area contributed by atoms with Crippen LogP contribution in [0.4, 0.5) is 0 Å². The second-order valence-corrected chi connectivity index (χ2v) is 5.42. The Morgan fingerprint density at radius 3 is 2.50 bits per heavy atom. The summed E-state index contributed by atoms with van der Waals surface area (Å²) in [4.78, 5) is 0. The van der Waals surface area contributed by atoms with Gasteiger partial charge in [-0.05, 0) is 52.0 Å². The van der Waals surface area contributed by atoms with Crippen LogP contribution in [0.3, 0.4) is 0 Å². The van der Waals surface area contributed by atoms with E-state index in [1.165, 1.54) is 25.7 Å². The molecule has 0 aromatic carbocycles. The highest BCUT2D eigenvalue weighted by atomic mass is 16.5. The molecule has 1 N–H and O–H groups in total. The molecule has 0 bridgehead atoms. The minimum absolute atomic E-state index is 0.0150. The summed E-state index contributed by atoms with van der Waals surface area (Å²) in [6.45, 7) is 10.3. The van der Waals surface area contributed by atoms with E-state index in [-0.39, 0.29) is 5.60 Å². The molecule has 1 aliphatic carbocycles. The molecule has 0 aromatic heterocycles. The molecular weight excluding hydrogens is 222 g/mol. The molecule has 104 valence electrons. The van der Waals surface area contributed by atoms with Crippen molar-refractivity contribution in [2.24, 2.45) is 5.92 Å². The molecule has 2 nitrogen and oxygen atoms in total. The highest BCUT2D eigenvalue weighted by molar-refractivity contribution is 5.05. The van der Waals surface area contributed by atoms with Crippen molar-refractivity contribution < 1.29 is 4.74 Å². The van der Waals surface area contributed by atoms with Gasteiger partial charge in [-0.2, -0.15) is 0 Å². The standard InChI is InChI=1S/C16H29NO/c1-5-8-9-15(17-6-2)16(18-7-3)12-10-14(4)11-13-16/h14-15,17H,6-7,9-13H2,1-4H3. The summed E-state index contributed by atoms with van der Waals surface area (Å²) >= 11 is 0. The molecule has 0 amide bonds. The van der Waals surface area contributed by atoms with Gasteiger partial charge in [-0.15, -0.1) is 11.8 Å². The third-order valence-electron chi connectivity index (χ3n) is 4.12. The first kappa shape index (κ1) is 15.5. The van der Waals surface area contributed by atoms with Gasteiger partial charge in [0.15, 0.2) is 0 Å². The first-order valence-corrected chi connectivity index (χ1v) is 7.45. The summed E-state index contributed by atoms with van der Waals surface area (Å²) in [5.41, 5.74) is 0.0150. The molecule has 1 rings (SSSR count). The number of nitrogens with one attached hydrogen (secondary N) is 1. The number of rotatable bonds is 6. The Balaban J connectivity index is 2.79. The van der Waals surface area contributed by atoms with Crippen molar-refractivity contribution in [1.29, 1.82) is 0 Å². The van der Waals surface area contributed by atoms with Crippen LogP contribution in [-0.4, -0.2) is 24.8 Å². The second-order valence-electron chi connectivity index (χ2n) is 5.42. The van der Waals surface area contributed by atoms with Crippen molar-refractivity contribution in [3.05, 3.63) is 0 Å². The maximum absolute atomic E-state index is 6.20. The van der Waals surface area contributed by atoms with Crippen molar-refractivity contribution in [1.82, 2.24) is 5.32 Å². The Hall–Kier alpha value is -0.520. The van der Waals surface area contributed by atoms with Crippen molar-refractivity contribution in [2.45, 2.75) is 71.4 Å². The second kappa shape index (κ2) is 7.81. The maximum Gasteiger partial charge on any atom is 0.0844 e. The monoisotopic (exact) mass is 251 g/mol. The number of hydrogen-bond donors (Lipinski definition) is 1. The fourth-order valence-electron chi connectivity index (χ4n) is 3.03. The molecule has 0 aromatic rings. The molecule has 0 aliphatic heterocycles. The largest absolute Gasteiger partial charge is 0.374 e. The lowest BCUT2D eigenvalue weighted by Gasteiger charge is -2.44. The zero-order chi connectivity index (χ0) is 13.4. The third kappa shape index (κ3) is 4.00. The van der Waals surface area contributed by atoms with E-state index in [2.05, 4.69) is 37.9 Å². The average molecular weight is 251 g/mol. The molecule has 0 spiro atoms. The molecule has 0 radical (unpaired) electrons. The maximum atomic E-state index is 6.20. The van der Waals surface area contributed by atoms with E-state index in [1.807, 2.05) is 6.92 Å². The predicted molar refractivity (Wildman–Crippen MR) is 77.5 cm³/mol. The molecule has 0 heterocycles. The first-order valence-electron chi connectivity index (χ1n) is 7.45. The van der Waals surface area contributed by atoms with Gasteiger partial charge < -0.3 is 10.1 Å². The van der Waals surface area contributed by atoms with Crippen molar-refractivity contribution >= 4 is 0 Å². The summed E-state index contributed by atoms with van der Waals surface area (Å²) in [5.74, 6) is 7.10. The van der Waals surface area contributed by atoms with Crippen molar-refractivity contribution in [3.8, 4) is 11.8 Å². The van der Waals surface area contributed by atoms with Crippen LogP contribution in [-0.2, 0) is 4.74 Å². The van der Waals surface area contributed by atoms with E-state index < -0.39 is 0 Å². The van der Waals surface area contributed by atoms with Crippen LogP contribution in [0.25, 0.3) is 0 Å². The first-order chi connectivity index (χ1) is 8.68. The molecule has 1 unspecified atom stereocenters. The Bertz CT molecular complexity index is 281. The molecule has 18 heavy (non-hydrogen) atoms. The average Bonchev–Trinajstić information content (AvgIpc) is 2.38. The van der Waals surface area contributed by atoms with Gasteiger partial charge in [0, 0.05) is 19.1 Å². The lowest BCUT2D eigenvalue weighted by Crippen LogP contribution is -2.54. The zero-order valence-electron chi connectivity index (χ0n) is 12.5. The highest BCUT2D eigenvalue weighted by Crippen LogP contribution is 2.38. The van der Waals surface area contributed by atoms with E-state index >= 15 is 0 Å². The highest BCUT2D eigenvalue weighted by Gasteiger charge is 2.41. The lowest BCUT2D eigenvalue weighted by atomic mass is 9.74. The van der Waals surface area contributed by atoms with Crippen LogP contribution in [0.5, 0.6) is 0 Å². The fourth-order valence-corrected chi connectivity index (χ4v) is 3.03. The van der Waals surface area contributed by atoms with Crippen LogP contribution in [0, 0.1) is 17.8 Å². The van der Waals surface area contributed by atoms with E-state index in [0.717, 1.165) is 25.5 Å². The van der Waals surface area contributed by atoms with Crippen LogP contribution in [0.2, 0.25) is 0 Å². The SMILES string of the molecule is CC#CCC(NCC)C1(OCC)CCC(C)CC1. The van der Waals surface area contributed by atoms with Crippen LogP contribution >= 0.6 is 0 Å². The van der Waals surface area contributed by atoms with E-state index in [9.17, 15) is 0 Å². The van der Waals surface area contributed by atoms with E-state index in [1.54, 1.807) is 0 Å². The van der Waals surface area contributed by atoms with Crippen molar-refractivity contribution in [2.75, 3.05) is 13.2 Å². The summed E-state index contributed by atoms with van der Waals surface area (Å²) in [6, 6.07) is 0.377.